The molecule has 1 amide bonds. The third-order valence-corrected chi connectivity index (χ3v) is 3.45. The van der Waals surface area contributed by atoms with Gasteiger partial charge in [0.2, 0.25) is 5.91 Å². The van der Waals surface area contributed by atoms with E-state index in [1.54, 1.807) is 26.4 Å². The van der Waals surface area contributed by atoms with Crippen LogP contribution in [-0.4, -0.2) is 39.0 Å². The summed E-state index contributed by atoms with van der Waals surface area (Å²) in [6, 6.07) is 5.40. The lowest BCUT2D eigenvalue weighted by Gasteiger charge is -2.09. The number of nitrogens with two attached hydrogens (primary N) is 1. The second-order valence-corrected chi connectivity index (χ2v) is 4.91. The Balaban J connectivity index is 2.37. The Morgan fingerprint density at radius 2 is 2.21 bits per heavy atom. The van der Waals surface area contributed by atoms with Crippen molar-refractivity contribution < 1.29 is 14.3 Å². The van der Waals surface area contributed by atoms with E-state index in [0.717, 1.165) is 11.3 Å². The van der Waals surface area contributed by atoms with Gasteiger partial charge in [0.25, 0.3) is 0 Å². The first kappa shape index (κ1) is 15.7. The van der Waals surface area contributed by atoms with Gasteiger partial charge in [0.1, 0.15) is 5.75 Å². The number of carbonyl (C=O) groups is 1. The van der Waals surface area contributed by atoms with Crippen LogP contribution >= 0.6 is 11.8 Å². The van der Waals surface area contributed by atoms with E-state index in [1.165, 1.54) is 11.8 Å². The molecule has 5 nitrogen and oxygen atoms in total. The molecule has 0 radical (unpaired) electrons. The molecular weight excluding hydrogens is 264 g/mol. The van der Waals surface area contributed by atoms with E-state index in [9.17, 15) is 4.79 Å². The summed E-state index contributed by atoms with van der Waals surface area (Å²) in [7, 11) is 3.23. The Kier molecular flexibility index (Phi) is 7.14. The molecule has 0 spiro atoms. The Morgan fingerprint density at radius 3 is 2.89 bits per heavy atom. The largest absolute Gasteiger partial charge is 0.496 e. The van der Waals surface area contributed by atoms with E-state index < -0.39 is 0 Å². The number of benzene rings is 1. The molecule has 0 atom stereocenters. The van der Waals surface area contributed by atoms with Crippen LogP contribution in [0.3, 0.4) is 0 Å². The number of thioether (sulfide) groups is 1. The van der Waals surface area contributed by atoms with Crippen molar-refractivity contribution in [2.45, 2.75) is 11.3 Å². The molecule has 3 N–H and O–H groups in total. The fourth-order valence-electron chi connectivity index (χ4n) is 1.44. The van der Waals surface area contributed by atoms with Gasteiger partial charge in [-0.2, -0.15) is 0 Å². The van der Waals surface area contributed by atoms with Crippen molar-refractivity contribution in [1.29, 1.82) is 0 Å². The quantitative estimate of drug-likeness (QED) is 0.430. The van der Waals surface area contributed by atoms with Crippen LogP contribution in [0.25, 0.3) is 0 Å². The van der Waals surface area contributed by atoms with Crippen molar-refractivity contribution in [2.24, 2.45) is 0 Å². The summed E-state index contributed by atoms with van der Waals surface area (Å²) in [5.74, 6) is 1.05. The topological polar surface area (TPSA) is 73.6 Å². The predicted octanol–water partition coefficient (Wildman–Crippen LogP) is 1.52. The van der Waals surface area contributed by atoms with E-state index in [4.69, 9.17) is 15.2 Å². The van der Waals surface area contributed by atoms with Gasteiger partial charge in [-0.25, -0.2) is 0 Å². The highest BCUT2D eigenvalue weighted by Gasteiger charge is 2.07. The lowest BCUT2D eigenvalue weighted by molar-refractivity contribution is -0.118. The van der Waals surface area contributed by atoms with Crippen LogP contribution < -0.4 is 15.8 Å². The van der Waals surface area contributed by atoms with Crippen molar-refractivity contribution >= 4 is 23.4 Å². The van der Waals surface area contributed by atoms with Crippen molar-refractivity contribution in [3.05, 3.63) is 18.2 Å². The summed E-state index contributed by atoms with van der Waals surface area (Å²) in [4.78, 5) is 12.5. The summed E-state index contributed by atoms with van der Waals surface area (Å²) in [6.07, 6.45) is 0.818. The predicted molar refractivity (Wildman–Crippen MR) is 77.6 cm³/mol. The minimum Gasteiger partial charge on any atom is -0.496 e. The summed E-state index contributed by atoms with van der Waals surface area (Å²) in [5, 5.41) is 2.83. The van der Waals surface area contributed by atoms with E-state index >= 15 is 0 Å². The molecule has 0 fully saturated rings. The van der Waals surface area contributed by atoms with E-state index in [0.29, 0.717) is 30.3 Å². The van der Waals surface area contributed by atoms with Gasteiger partial charge in [0.15, 0.2) is 0 Å². The standard InChI is InChI=1S/C13H20N2O3S/c1-17-7-3-6-15-13(16)9-19-12-5-4-10(14)8-11(12)18-2/h4-5,8H,3,6-7,9,14H2,1-2H3,(H,15,16). The molecule has 106 valence electrons. The average Bonchev–Trinajstić information content (AvgIpc) is 2.42. The van der Waals surface area contributed by atoms with Gasteiger partial charge in [-0.3, -0.25) is 4.79 Å². The summed E-state index contributed by atoms with van der Waals surface area (Å²) < 4.78 is 10.1. The number of rotatable bonds is 8. The summed E-state index contributed by atoms with van der Waals surface area (Å²) in [5.41, 5.74) is 6.32. The van der Waals surface area contributed by atoms with Crippen molar-refractivity contribution in [3.63, 3.8) is 0 Å². The molecule has 0 bridgehead atoms. The molecule has 6 heteroatoms. The highest BCUT2D eigenvalue weighted by molar-refractivity contribution is 8.00. The zero-order chi connectivity index (χ0) is 14.1. The molecule has 1 aromatic carbocycles. The van der Waals surface area contributed by atoms with Crippen molar-refractivity contribution in [1.82, 2.24) is 5.32 Å². The number of methoxy groups -OCH3 is 2. The van der Waals surface area contributed by atoms with Crippen LogP contribution in [-0.2, 0) is 9.53 Å². The van der Waals surface area contributed by atoms with Crippen LogP contribution in [0.5, 0.6) is 5.75 Å². The first-order valence-corrected chi connectivity index (χ1v) is 6.98. The van der Waals surface area contributed by atoms with Crippen LogP contribution in [0, 0.1) is 0 Å². The first-order valence-electron chi connectivity index (χ1n) is 5.99. The molecular formula is C13H20N2O3S. The third kappa shape index (κ3) is 5.85. The number of nitrogen functional groups attached to an aromatic ring is 1. The number of carbonyl (C=O) groups excluding carboxylic acids is 1. The Morgan fingerprint density at radius 1 is 1.42 bits per heavy atom. The number of anilines is 1. The fraction of sp³-hybridized carbons (Fsp3) is 0.462. The SMILES string of the molecule is COCCCNC(=O)CSc1ccc(N)cc1OC. The zero-order valence-corrected chi connectivity index (χ0v) is 12.1. The van der Waals surface area contributed by atoms with Crippen LogP contribution in [0.2, 0.25) is 0 Å². The van der Waals surface area contributed by atoms with Crippen molar-refractivity contribution in [3.8, 4) is 5.75 Å². The molecule has 0 saturated carbocycles. The maximum Gasteiger partial charge on any atom is 0.230 e. The minimum absolute atomic E-state index is 0.0000175. The van der Waals surface area contributed by atoms with E-state index in [1.807, 2.05) is 6.07 Å². The summed E-state index contributed by atoms with van der Waals surface area (Å²) in [6.45, 7) is 1.28. The van der Waals surface area contributed by atoms with Gasteiger partial charge in [-0.15, -0.1) is 11.8 Å². The number of nitrogens with one attached hydrogen (secondary N) is 1. The molecule has 0 heterocycles. The fourth-order valence-corrected chi connectivity index (χ4v) is 2.28. The maximum atomic E-state index is 11.6. The molecule has 1 rings (SSSR count). The Bertz CT molecular complexity index is 413. The highest BCUT2D eigenvalue weighted by Crippen LogP contribution is 2.30. The normalized spacial score (nSPS) is 10.2. The molecule has 0 saturated heterocycles. The van der Waals surface area contributed by atoms with Gasteiger partial charge in [-0.1, -0.05) is 0 Å². The zero-order valence-electron chi connectivity index (χ0n) is 11.3. The van der Waals surface area contributed by atoms with Crippen molar-refractivity contribution in [2.75, 3.05) is 38.9 Å². The molecule has 0 aliphatic heterocycles. The van der Waals surface area contributed by atoms with E-state index in [-0.39, 0.29) is 5.91 Å². The Labute approximate surface area is 117 Å². The third-order valence-electron chi connectivity index (χ3n) is 2.39. The monoisotopic (exact) mass is 284 g/mol. The molecule has 19 heavy (non-hydrogen) atoms. The second kappa shape index (κ2) is 8.66. The average molecular weight is 284 g/mol. The lowest BCUT2D eigenvalue weighted by atomic mass is 10.3. The molecule has 0 aromatic heterocycles. The number of hydrogen-bond acceptors (Lipinski definition) is 5. The lowest BCUT2D eigenvalue weighted by Crippen LogP contribution is -2.26. The van der Waals surface area contributed by atoms with Crippen LogP contribution in [0.15, 0.2) is 23.1 Å². The van der Waals surface area contributed by atoms with Gasteiger partial charge >= 0.3 is 0 Å². The summed E-state index contributed by atoms with van der Waals surface area (Å²) >= 11 is 1.43. The van der Waals surface area contributed by atoms with Gasteiger partial charge < -0.3 is 20.5 Å². The molecule has 0 aliphatic rings. The smallest absolute Gasteiger partial charge is 0.230 e. The molecule has 0 unspecified atom stereocenters. The maximum absolute atomic E-state index is 11.6. The van der Waals surface area contributed by atoms with Gasteiger partial charge in [0, 0.05) is 36.9 Å². The second-order valence-electron chi connectivity index (χ2n) is 3.90. The van der Waals surface area contributed by atoms with Gasteiger partial charge in [0.05, 0.1) is 12.9 Å². The van der Waals surface area contributed by atoms with Crippen LogP contribution in [0.1, 0.15) is 6.42 Å². The Hall–Kier alpha value is -1.40. The number of ether oxygens (including phenoxy) is 2. The van der Waals surface area contributed by atoms with E-state index in [2.05, 4.69) is 5.32 Å². The van der Waals surface area contributed by atoms with Crippen LogP contribution in [0.4, 0.5) is 5.69 Å². The molecule has 1 aromatic rings. The highest BCUT2D eigenvalue weighted by atomic mass is 32.2. The minimum atomic E-state index is -0.0000175. The first-order chi connectivity index (χ1) is 9.17. The number of amides is 1. The van der Waals surface area contributed by atoms with Gasteiger partial charge in [-0.05, 0) is 18.6 Å². The number of hydrogen-bond donors (Lipinski definition) is 2. The molecule has 0 aliphatic carbocycles.